The van der Waals surface area contributed by atoms with Gasteiger partial charge in [-0.25, -0.2) is 8.42 Å². The Hall–Kier alpha value is -2.40. The van der Waals surface area contributed by atoms with Crippen molar-refractivity contribution in [2.75, 3.05) is 4.72 Å². The molecule has 0 unspecified atom stereocenters. The topological polar surface area (TPSA) is 59.1 Å². The molecule has 0 amide bonds. The first-order valence-corrected chi connectivity index (χ1v) is 7.55. The molecule has 0 bridgehead atoms. The van der Waals surface area contributed by atoms with Crippen molar-refractivity contribution in [3.63, 3.8) is 0 Å². The van der Waals surface area contributed by atoms with Crippen molar-refractivity contribution >= 4 is 26.5 Å². The normalized spacial score (nSPS) is 11.4. The highest BCUT2D eigenvalue weighted by Crippen LogP contribution is 2.20. The summed E-state index contributed by atoms with van der Waals surface area (Å²) < 4.78 is 27.2. The minimum atomic E-state index is -3.58. The van der Waals surface area contributed by atoms with E-state index in [1.54, 1.807) is 54.9 Å². The molecule has 1 aromatic heterocycles. The van der Waals surface area contributed by atoms with Crippen molar-refractivity contribution in [1.29, 1.82) is 0 Å². The summed E-state index contributed by atoms with van der Waals surface area (Å²) in [5, 5.41) is 1.75. The van der Waals surface area contributed by atoms with E-state index in [9.17, 15) is 8.42 Å². The SMILES string of the molecule is O=S(=O)(Nc1ccccc1)c1ccc2ccncc2c1. The van der Waals surface area contributed by atoms with Gasteiger partial charge in [-0.1, -0.05) is 24.3 Å². The summed E-state index contributed by atoms with van der Waals surface area (Å²) in [6.45, 7) is 0. The third kappa shape index (κ3) is 2.48. The van der Waals surface area contributed by atoms with Crippen molar-refractivity contribution in [3.8, 4) is 0 Å². The van der Waals surface area contributed by atoms with E-state index in [1.165, 1.54) is 0 Å². The average Bonchev–Trinajstić information content (AvgIpc) is 2.47. The van der Waals surface area contributed by atoms with Gasteiger partial charge in [-0.15, -0.1) is 0 Å². The number of pyridine rings is 1. The lowest BCUT2D eigenvalue weighted by atomic mass is 10.2. The molecule has 20 heavy (non-hydrogen) atoms. The molecule has 0 atom stereocenters. The summed E-state index contributed by atoms with van der Waals surface area (Å²) >= 11 is 0. The van der Waals surface area contributed by atoms with Gasteiger partial charge in [0.1, 0.15) is 0 Å². The molecule has 3 rings (SSSR count). The molecule has 0 spiro atoms. The van der Waals surface area contributed by atoms with Crippen LogP contribution in [-0.2, 0) is 10.0 Å². The summed E-state index contributed by atoms with van der Waals surface area (Å²) in [5.74, 6) is 0. The van der Waals surface area contributed by atoms with Gasteiger partial charge in [-0.05, 0) is 35.7 Å². The zero-order valence-corrected chi connectivity index (χ0v) is 11.3. The molecular formula is C15H12N2O2S. The molecule has 0 aliphatic carbocycles. The molecule has 0 fully saturated rings. The van der Waals surface area contributed by atoms with Crippen LogP contribution in [0, 0.1) is 0 Å². The zero-order valence-electron chi connectivity index (χ0n) is 10.5. The van der Waals surface area contributed by atoms with Gasteiger partial charge < -0.3 is 0 Å². The van der Waals surface area contributed by atoms with Gasteiger partial charge in [-0.3, -0.25) is 9.71 Å². The Labute approximate surface area is 117 Å². The fourth-order valence-corrected chi connectivity index (χ4v) is 3.04. The second-order valence-electron chi connectivity index (χ2n) is 4.36. The molecule has 0 radical (unpaired) electrons. The lowest BCUT2D eigenvalue weighted by Crippen LogP contribution is -2.12. The van der Waals surface area contributed by atoms with Crippen LogP contribution in [-0.4, -0.2) is 13.4 Å². The van der Waals surface area contributed by atoms with Gasteiger partial charge >= 0.3 is 0 Å². The quantitative estimate of drug-likeness (QED) is 0.804. The highest BCUT2D eigenvalue weighted by atomic mass is 32.2. The largest absolute Gasteiger partial charge is 0.280 e. The van der Waals surface area contributed by atoms with Crippen molar-refractivity contribution in [2.45, 2.75) is 4.90 Å². The molecule has 0 aliphatic rings. The molecule has 2 aromatic carbocycles. The Morgan fingerprint density at radius 1 is 0.900 bits per heavy atom. The number of para-hydroxylation sites is 1. The number of benzene rings is 2. The van der Waals surface area contributed by atoms with E-state index < -0.39 is 10.0 Å². The minimum Gasteiger partial charge on any atom is -0.280 e. The van der Waals surface area contributed by atoms with Crippen LogP contribution in [0.5, 0.6) is 0 Å². The van der Waals surface area contributed by atoms with E-state index in [4.69, 9.17) is 0 Å². The third-order valence-electron chi connectivity index (χ3n) is 2.95. The lowest BCUT2D eigenvalue weighted by molar-refractivity contribution is 0.601. The highest BCUT2D eigenvalue weighted by Gasteiger charge is 2.14. The van der Waals surface area contributed by atoms with Crippen molar-refractivity contribution < 1.29 is 8.42 Å². The third-order valence-corrected chi connectivity index (χ3v) is 4.33. The smallest absolute Gasteiger partial charge is 0.261 e. The van der Waals surface area contributed by atoms with Gasteiger partial charge in [0.25, 0.3) is 10.0 Å². The molecular weight excluding hydrogens is 272 g/mol. The molecule has 100 valence electrons. The van der Waals surface area contributed by atoms with Crippen LogP contribution in [0.1, 0.15) is 0 Å². The number of anilines is 1. The zero-order chi connectivity index (χ0) is 14.0. The standard InChI is InChI=1S/C15H12N2O2S/c18-20(19,17-14-4-2-1-3-5-14)15-7-6-12-8-9-16-11-13(12)10-15/h1-11,17H. The van der Waals surface area contributed by atoms with Crippen molar-refractivity contribution in [1.82, 2.24) is 4.98 Å². The first-order valence-electron chi connectivity index (χ1n) is 6.07. The fraction of sp³-hybridized carbons (Fsp3) is 0. The Bertz CT molecular complexity index is 846. The second-order valence-corrected chi connectivity index (χ2v) is 6.04. The maximum Gasteiger partial charge on any atom is 0.261 e. The molecule has 0 saturated carbocycles. The maximum atomic E-state index is 12.3. The lowest BCUT2D eigenvalue weighted by Gasteiger charge is -2.08. The molecule has 1 heterocycles. The van der Waals surface area contributed by atoms with Crippen LogP contribution in [0.4, 0.5) is 5.69 Å². The van der Waals surface area contributed by atoms with Crippen LogP contribution in [0.15, 0.2) is 71.9 Å². The Morgan fingerprint density at radius 3 is 2.50 bits per heavy atom. The van der Waals surface area contributed by atoms with Crippen LogP contribution in [0.3, 0.4) is 0 Å². The minimum absolute atomic E-state index is 0.224. The maximum absolute atomic E-state index is 12.3. The van der Waals surface area contributed by atoms with E-state index >= 15 is 0 Å². The van der Waals surface area contributed by atoms with Gasteiger partial charge in [0.05, 0.1) is 4.90 Å². The number of rotatable bonds is 3. The predicted molar refractivity (Wildman–Crippen MR) is 79.0 cm³/mol. The molecule has 0 saturated heterocycles. The summed E-state index contributed by atoms with van der Waals surface area (Å²) in [7, 11) is -3.58. The molecule has 3 aromatic rings. The average molecular weight is 284 g/mol. The number of nitrogens with zero attached hydrogens (tertiary/aromatic N) is 1. The number of sulfonamides is 1. The van der Waals surface area contributed by atoms with Gasteiger partial charge in [0.2, 0.25) is 0 Å². The molecule has 4 nitrogen and oxygen atoms in total. The Kier molecular flexibility index (Phi) is 3.12. The molecule has 1 N–H and O–H groups in total. The van der Waals surface area contributed by atoms with Gasteiger partial charge in [0.15, 0.2) is 0 Å². The summed E-state index contributed by atoms with van der Waals surface area (Å²) in [6, 6.07) is 15.6. The van der Waals surface area contributed by atoms with E-state index in [0.29, 0.717) is 5.69 Å². The molecule has 0 aliphatic heterocycles. The van der Waals surface area contributed by atoms with E-state index in [2.05, 4.69) is 9.71 Å². The first kappa shape index (κ1) is 12.6. The van der Waals surface area contributed by atoms with Gasteiger partial charge in [-0.2, -0.15) is 0 Å². The fourth-order valence-electron chi connectivity index (χ4n) is 1.95. The number of hydrogen-bond acceptors (Lipinski definition) is 3. The van der Waals surface area contributed by atoms with E-state index in [1.807, 2.05) is 12.1 Å². The predicted octanol–water partition coefficient (Wildman–Crippen LogP) is 3.04. The van der Waals surface area contributed by atoms with Gasteiger partial charge in [0, 0.05) is 23.5 Å². The number of nitrogens with one attached hydrogen (secondary N) is 1. The molecule has 5 heteroatoms. The first-order chi connectivity index (χ1) is 9.65. The number of hydrogen-bond donors (Lipinski definition) is 1. The van der Waals surface area contributed by atoms with Crippen LogP contribution >= 0.6 is 0 Å². The highest BCUT2D eigenvalue weighted by molar-refractivity contribution is 7.92. The second kappa shape index (κ2) is 4.94. The summed E-state index contributed by atoms with van der Waals surface area (Å²) in [6.07, 6.45) is 3.33. The number of fused-ring (bicyclic) bond motifs is 1. The van der Waals surface area contributed by atoms with Crippen molar-refractivity contribution in [2.24, 2.45) is 0 Å². The summed E-state index contributed by atoms with van der Waals surface area (Å²) in [5.41, 5.74) is 0.541. The Balaban J connectivity index is 2.01. The summed E-state index contributed by atoms with van der Waals surface area (Å²) in [4.78, 5) is 4.23. The van der Waals surface area contributed by atoms with Crippen LogP contribution in [0.2, 0.25) is 0 Å². The van der Waals surface area contributed by atoms with Crippen molar-refractivity contribution in [3.05, 3.63) is 67.0 Å². The van der Waals surface area contributed by atoms with E-state index in [-0.39, 0.29) is 4.90 Å². The van der Waals surface area contributed by atoms with E-state index in [0.717, 1.165) is 10.8 Å². The van der Waals surface area contributed by atoms with Crippen LogP contribution in [0.25, 0.3) is 10.8 Å². The monoisotopic (exact) mass is 284 g/mol. The Morgan fingerprint density at radius 2 is 1.70 bits per heavy atom. The number of aromatic nitrogens is 1. The van der Waals surface area contributed by atoms with Crippen LogP contribution < -0.4 is 4.72 Å².